The van der Waals surface area contributed by atoms with Gasteiger partial charge in [-0.05, 0) is 127 Å². The fourth-order valence-electron chi connectivity index (χ4n) is 9.51. The van der Waals surface area contributed by atoms with Gasteiger partial charge in [0.05, 0.1) is 0 Å². The highest BCUT2D eigenvalue weighted by atomic mass is 14.5. The summed E-state index contributed by atoms with van der Waals surface area (Å²) in [4.78, 5) is 0. The zero-order valence-corrected chi connectivity index (χ0v) is 34.2. The fraction of sp³-hybridized carbons (Fsp3) is 0.529. The van der Waals surface area contributed by atoms with Crippen molar-refractivity contribution in [3.63, 3.8) is 0 Å². The Balaban J connectivity index is 1.42. The second kappa shape index (κ2) is 20.2. The Morgan fingerprint density at radius 3 is 1.28 bits per heavy atom. The van der Waals surface area contributed by atoms with Gasteiger partial charge in [0.1, 0.15) is 0 Å². The molecule has 53 heavy (non-hydrogen) atoms. The molecule has 1 saturated carbocycles. The molecule has 0 amide bonds. The van der Waals surface area contributed by atoms with Crippen LogP contribution in [0.4, 0.5) is 11.4 Å². The fourth-order valence-corrected chi connectivity index (χ4v) is 9.51. The lowest BCUT2D eigenvalue weighted by molar-refractivity contribution is 0.280. The van der Waals surface area contributed by atoms with Crippen LogP contribution in [0, 0.1) is 19.8 Å². The molecule has 4 aromatic rings. The average Bonchev–Trinajstić information content (AvgIpc) is 3.16. The summed E-state index contributed by atoms with van der Waals surface area (Å²) in [6.45, 7) is 11.5. The minimum Gasteiger partial charge on any atom is -0.399 e. The number of anilines is 2. The summed E-state index contributed by atoms with van der Waals surface area (Å²) in [6.07, 6.45) is 23.2. The molecule has 0 bridgehead atoms. The smallest absolute Gasteiger partial charge is 0.0316 e. The molecule has 2 heteroatoms. The molecule has 2 nitrogen and oxygen atoms in total. The molecule has 5 rings (SSSR count). The van der Waals surface area contributed by atoms with Gasteiger partial charge in [-0.25, -0.2) is 0 Å². The quantitative estimate of drug-likeness (QED) is 0.0708. The number of hydrogen-bond donors (Lipinski definition) is 2. The highest BCUT2D eigenvalue weighted by Gasteiger charge is 2.38. The van der Waals surface area contributed by atoms with Gasteiger partial charge in [-0.1, -0.05) is 158 Å². The van der Waals surface area contributed by atoms with Gasteiger partial charge in [0.2, 0.25) is 0 Å². The first-order chi connectivity index (χ1) is 25.8. The van der Waals surface area contributed by atoms with E-state index in [0.717, 1.165) is 17.3 Å². The van der Waals surface area contributed by atoms with E-state index < -0.39 is 0 Å². The van der Waals surface area contributed by atoms with Crippen molar-refractivity contribution in [1.29, 1.82) is 0 Å². The van der Waals surface area contributed by atoms with E-state index in [-0.39, 0.29) is 5.41 Å². The normalized spacial score (nSPS) is 18.5. The molecule has 0 aliphatic heterocycles. The van der Waals surface area contributed by atoms with Crippen molar-refractivity contribution in [2.24, 2.45) is 5.92 Å². The molecule has 0 heterocycles. The maximum Gasteiger partial charge on any atom is 0.0316 e. The van der Waals surface area contributed by atoms with Crippen LogP contribution < -0.4 is 11.5 Å². The van der Waals surface area contributed by atoms with Crippen LogP contribution in [-0.2, 0) is 5.41 Å². The number of nitrogens with two attached hydrogens (primary N) is 2. The van der Waals surface area contributed by atoms with Crippen LogP contribution in [0.2, 0.25) is 0 Å². The van der Waals surface area contributed by atoms with Crippen LogP contribution >= 0.6 is 0 Å². The Labute approximate surface area is 324 Å². The first kappa shape index (κ1) is 40.7. The van der Waals surface area contributed by atoms with Gasteiger partial charge in [0, 0.05) is 28.6 Å². The molecule has 2 atom stereocenters. The number of aryl methyl sites for hydroxylation is 2. The van der Waals surface area contributed by atoms with E-state index >= 15 is 0 Å². The molecule has 0 saturated heterocycles. The Morgan fingerprint density at radius 2 is 0.906 bits per heavy atom. The van der Waals surface area contributed by atoms with Crippen molar-refractivity contribution in [3.05, 3.63) is 129 Å². The first-order valence-electron chi connectivity index (χ1n) is 21.7. The summed E-state index contributed by atoms with van der Waals surface area (Å²) in [7, 11) is 0. The monoisotopic (exact) mass is 713 g/mol. The van der Waals surface area contributed by atoms with Gasteiger partial charge in [-0.15, -0.1) is 0 Å². The molecule has 1 aliphatic carbocycles. The molecule has 1 aliphatic rings. The number of nitrogen functional groups attached to an aromatic ring is 2. The maximum atomic E-state index is 6.22. The molecule has 1 fully saturated rings. The van der Waals surface area contributed by atoms with E-state index in [1.807, 2.05) is 0 Å². The van der Waals surface area contributed by atoms with E-state index in [4.69, 9.17) is 11.5 Å². The molecule has 4 N–H and O–H groups in total. The molecular weight excluding hydrogens is 641 g/mol. The number of unbranched alkanes of at least 4 members (excludes halogenated alkanes) is 10. The largest absolute Gasteiger partial charge is 0.399 e. The van der Waals surface area contributed by atoms with E-state index in [1.54, 1.807) is 0 Å². The van der Waals surface area contributed by atoms with E-state index in [0.29, 0.717) is 11.8 Å². The van der Waals surface area contributed by atoms with Crippen LogP contribution in [-0.4, -0.2) is 0 Å². The topological polar surface area (TPSA) is 52.0 Å². The Hall–Kier alpha value is -3.52. The van der Waals surface area contributed by atoms with Gasteiger partial charge >= 0.3 is 0 Å². The summed E-state index contributed by atoms with van der Waals surface area (Å²) in [5.41, 5.74) is 25.6. The zero-order valence-electron chi connectivity index (χ0n) is 34.2. The summed E-state index contributed by atoms with van der Waals surface area (Å²) in [5.74, 6) is 1.59. The van der Waals surface area contributed by atoms with Crippen LogP contribution in [0.3, 0.4) is 0 Å². The third kappa shape index (κ3) is 10.8. The van der Waals surface area contributed by atoms with Gasteiger partial charge in [0.15, 0.2) is 0 Å². The van der Waals surface area contributed by atoms with Crippen molar-refractivity contribution >= 4 is 11.4 Å². The van der Waals surface area contributed by atoms with Gasteiger partial charge in [-0.2, -0.15) is 0 Å². The van der Waals surface area contributed by atoms with E-state index in [9.17, 15) is 0 Å². The van der Waals surface area contributed by atoms with Gasteiger partial charge in [-0.3, -0.25) is 0 Å². The average molecular weight is 713 g/mol. The molecule has 2 unspecified atom stereocenters. The number of benzene rings is 4. The maximum absolute atomic E-state index is 6.22. The third-order valence-corrected chi connectivity index (χ3v) is 12.9. The lowest BCUT2D eigenvalue weighted by Gasteiger charge is -2.41. The summed E-state index contributed by atoms with van der Waals surface area (Å²) < 4.78 is 0. The third-order valence-electron chi connectivity index (χ3n) is 12.9. The van der Waals surface area contributed by atoms with Crippen molar-refractivity contribution in [1.82, 2.24) is 0 Å². The molecule has 4 aromatic carbocycles. The second-order valence-corrected chi connectivity index (χ2v) is 17.0. The van der Waals surface area contributed by atoms with Crippen LogP contribution in [0.15, 0.2) is 84.9 Å². The van der Waals surface area contributed by atoms with Crippen LogP contribution in [0.5, 0.6) is 0 Å². The minimum absolute atomic E-state index is 0.0569. The highest BCUT2D eigenvalue weighted by molar-refractivity contribution is 5.51. The number of hydrogen-bond acceptors (Lipinski definition) is 2. The number of rotatable bonds is 20. The first-order valence-corrected chi connectivity index (χ1v) is 21.7. The lowest BCUT2D eigenvalue weighted by atomic mass is 9.63. The highest BCUT2D eigenvalue weighted by Crippen LogP contribution is 2.47. The zero-order chi connectivity index (χ0) is 37.6. The van der Waals surface area contributed by atoms with Crippen molar-refractivity contribution in [2.45, 2.75) is 167 Å². The molecule has 0 aromatic heterocycles. The lowest BCUT2D eigenvalue weighted by Crippen LogP contribution is -2.32. The van der Waals surface area contributed by atoms with Gasteiger partial charge in [0.25, 0.3) is 0 Å². The Bertz CT molecular complexity index is 1540. The van der Waals surface area contributed by atoms with Crippen molar-refractivity contribution in [2.75, 3.05) is 11.5 Å². The molecule has 286 valence electrons. The predicted octanol–water partition coefficient (Wildman–Crippen LogP) is 14.7. The van der Waals surface area contributed by atoms with Crippen molar-refractivity contribution < 1.29 is 0 Å². The Morgan fingerprint density at radius 1 is 0.528 bits per heavy atom. The van der Waals surface area contributed by atoms with Crippen LogP contribution in [0.25, 0.3) is 0 Å². The standard InChI is InChI=1S/C51H72N2/c1-6-8-10-12-14-16-18-49(47-30-28-45(52)36-39(47)4)41-20-24-43(25-21-41)51(34-32-38(3)33-35-51)44-26-22-42(23-27-44)50(19-17-15-13-11-9-7-2)48-31-29-46(53)37-40(48)5/h20-31,36-38,49-50H,6-19,32-35,52-53H2,1-5H3. The molecular formula is C51H72N2. The SMILES string of the molecule is CCCCCCCCC(c1ccc(C2(c3ccc(C(CCCCCCCC)c4ccc(N)cc4C)cc3)CCC(C)CC2)cc1)c1ccc(N)cc1C. The van der Waals surface area contributed by atoms with E-state index in [2.05, 4.69) is 120 Å². The summed E-state index contributed by atoms with van der Waals surface area (Å²) in [5, 5.41) is 0. The predicted molar refractivity (Wildman–Crippen MR) is 232 cm³/mol. The van der Waals surface area contributed by atoms with Gasteiger partial charge < -0.3 is 11.5 Å². The summed E-state index contributed by atoms with van der Waals surface area (Å²) in [6, 6.07) is 33.0. The van der Waals surface area contributed by atoms with Crippen LogP contribution in [0.1, 0.15) is 193 Å². The van der Waals surface area contributed by atoms with E-state index in [1.165, 1.54) is 160 Å². The van der Waals surface area contributed by atoms with Crippen molar-refractivity contribution in [3.8, 4) is 0 Å². The Kier molecular flexibility index (Phi) is 15.5. The molecule has 0 radical (unpaired) electrons. The molecule has 0 spiro atoms. The minimum atomic E-state index is 0.0569. The summed E-state index contributed by atoms with van der Waals surface area (Å²) >= 11 is 0. The second-order valence-electron chi connectivity index (χ2n) is 17.0.